The van der Waals surface area contributed by atoms with Crippen LogP contribution in [0.1, 0.15) is 47.4 Å². The zero-order valence-corrected chi connectivity index (χ0v) is 18.4. The third kappa shape index (κ3) is 3.21. The number of Topliss-reactive ketones (excluding diaryl/α,β-unsaturated/α-hetero) is 1. The Morgan fingerprint density at radius 2 is 1.87 bits per heavy atom. The molecule has 1 aliphatic carbocycles. The van der Waals surface area contributed by atoms with Crippen molar-refractivity contribution >= 4 is 38.8 Å². The van der Waals surface area contributed by atoms with Crippen molar-refractivity contribution in [2.75, 3.05) is 5.32 Å². The molecule has 5 nitrogen and oxygen atoms in total. The molecule has 2 heterocycles. The van der Waals surface area contributed by atoms with Crippen LogP contribution in [0.3, 0.4) is 0 Å². The number of carbonyl (C=O) groups excluding carboxylic acids is 1. The molecule has 0 saturated carbocycles. The highest BCUT2D eigenvalue weighted by Gasteiger charge is 2.37. The van der Waals surface area contributed by atoms with E-state index < -0.39 is 0 Å². The molecule has 1 N–H and O–H groups in total. The minimum atomic E-state index is -0.101. The highest BCUT2D eigenvalue weighted by molar-refractivity contribution is 7.20. The van der Waals surface area contributed by atoms with Crippen LogP contribution < -0.4 is 5.32 Å². The van der Waals surface area contributed by atoms with Gasteiger partial charge in [-0.3, -0.25) is 4.79 Å². The zero-order chi connectivity index (χ0) is 21.0. The molecule has 0 fully saturated rings. The number of thiazole rings is 1. The third-order valence-corrected chi connectivity index (χ3v) is 6.79. The molecule has 0 unspecified atom stereocenters. The second-order valence-electron chi connectivity index (χ2n) is 8.91. The molecule has 5 rings (SSSR count). The van der Waals surface area contributed by atoms with Crippen molar-refractivity contribution in [3.63, 3.8) is 0 Å². The van der Waals surface area contributed by atoms with Gasteiger partial charge in [-0.05, 0) is 61.1 Å². The summed E-state index contributed by atoms with van der Waals surface area (Å²) in [6.07, 6.45) is 1.30. The third-order valence-electron chi connectivity index (χ3n) is 5.78. The van der Waals surface area contributed by atoms with Crippen LogP contribution in [-0.2, 0) is 6.42 Å². The van der Waals surface area contributed by atoms with Crippen LogP contribution in [0.15, 0.2) is 42.5 Å². The first-order valence-electron chi connectivity index (χ1n) is 10.2. The summed E-state index contributed by atoms with van der Waals surface area (Å²) in [5, 5.41) is 9.06. The Bertz CT molecular complexity index is 1270. The summed E-state index contributed by atoms with van der Waals surface area (Å²) in [5.74, 6) is 0.757. The summed E-state index contributed by atoms with van der Waals surface area (Å²) in [5.41, 5.74) is 5.87. The molecule has 0 radical (unpaired) electrons. The van der Waals surface area contributed by atoms with E-state index in [1.807, 2.05) is 28.9 Å². The number of aryl methyl sites for hydroxylation is 2. The first-order chi connectivity index (χ1) is 14.3. The standard InChI is InChI=1S/C24H24N4OS/c1-14-9-10-16(11-15(14)2)25-22-21-18(12-24(3,4)13-19(21)29)28(27-22)23-26-17-7-5-6-8-20(17)30-23/h5-11H,12-13H2,1-4H3,(H,25,27). The number of ketones is 1. The van der Waals surface area contributed by atoms with Gasteiger partial charge in [0.05, 0.1) is 21.5 Å². The lowest BCUT2D eigenvalue weighted by atomic mass is 9.76. The highest BCUT2D eigenvalue weighted by atomic mass is 32.1. The normalized spacial score (nSPS) is 15.4. The number of aromatic nitrogens is 3. The quantitative estimate of drug-likeness (QED) is 0.445. The topological polar surface area (TPSA) is 59.8 Å². The second kappa shape index (κ2) is 6.77. The predicted octanol–water partition coefficient (Wildman–Crippen LogP) is 6.00. The smallest absolute Gasteiger partial charge is 0.211 e. The lowest BCUT2D eigenvalue weighted by Gasteiger charge is -2.28. The zero-order valence-electron chi connectivity index (χ0n) is 17.6. The maximum Gasteiger partial charge on any atom is 0.211 e. The first-order valence-corrected chi connectivity index (χ1v) is 11.0. The van der Waals surface area contributed by atoms with Gasteiger partial charge in [-0.1, -0.05) is 43.4 Å². The van der Waals surface area contributed by atoms with Gasteiger partial charge in [-0.2, -0.15) is 0 Å². The van der Waals surface area contributed by atoms with Crippen LogP contribution in [0, 0.1) is 19.3 Å². The monoisotopic (exact) mass is 416 g/mol. The Hall–Kier alpha value is -2.99. The maximum atomic E-state index is 13.1. The van der Waals surface area contributed by atoms with Crippen molar-refractivity contribution in [2.24, 2.45) is 5.41 Å². The minimum absolute atomic E-state index is 0.101. The molecule has 6 heteroatoms. The fraction of sp³-hybridized carbons (Fsp3) is 0.292. The number of rotatable bonds is 3. The van der Waals surface area contributed by atoms with E-state index in [2.05, 4.69) is 51.2 Å². The molecular formula is C24H24N4OS. The van der Waals surface area contributed by atoms with Gasteiger partial charge in [-0.25, -0.2) is 9.67 Å². The van der Waals surface area contributed by atoms with E-state index in [1.165, 1.54) is 11.1 Å². The molecule has 0 bridgehead atoms. The molecule has 0 spiro atoms. The summed E-state index contributed by atoms with van der Waals surface area (Å²) in [6, 6.07) is 14.3. The van der Waals surface area contributed by atoms with Gasteiger partial charge in [0.2, 0.25) is 5.13 Å². The van der Waals surface area contributed by atoms with Crippen molar-refractivity contribution in [2.45, 2.75) is 40.5 Å². The fourth-order valence-corrected chi connectivity index (χ4v) is 5.04. The number of para-hydroxylation sites is 1. The second-order valence-corrected chi connectivity index (χ2v) is 9.92. The summed E-state index contributed by atoms with van der Waals surface area (Å²) >= 11 is 1.60. The Balaban J connectivity index is 1.66. The lowest BCUT2D eigenvalue weighted by Crippen LogP contribution is -2.28. The molecular weight excluding hydrogens is 392 g/mol. The van der Waals surface area contributed by atoms with Crippen LogP contribution in [0.4, 0.5) is 11.5 Å². The van der Waals surface area contributed by atoms with Crippen LogP contribution >= 0.6 is 11.3 Å². The molecule has 152 valence electrons. The SMILES string of the molecule is Cc1ccc(Nc2nn(-c3nc4ccccc4s3)c3c2C(=O)CC(C)(C)C3)cc1C. The van der Waals surface area contributed by atoms with E-state index in [0.29, 0.717) is 17.8 Å². The van der Waals surface area contributed by atoms with Gasteiger partial charge in [-0.15, -0.1) is 5.10 Å². The minimum Gasteiger partial charge on any atom is -0.338 e. The van der Waals surface area contributed by atoms with Gasteiger partial charge in [0.1, 0.15) is 0 Å². The molecule has 0 saturated heterocycles. The van der Waals surface area contributed by atoms with Gasteiger partial charge < -0.3 is 5.32 Å². The number of nitrogens with one attached hydrogen (secondary N) is 1. The average Bonchev–Trinajstić information content (AvgIpc) is 3.25. The number of hydrogen-bond donors (Lipinski definition) is 1. The average molecular weight is 417 g/mol. The number of nitrogens with zero attached hydrogens (tertiary/aromatic N) is 3. The highest BCUT2D eigenvalue weighted by Crippen LogP contribution is 2.40. The van der Waals surface area contributed by atoms with Crippen molar-refractivity contribution < 1.29 is 4.79 Å². The Morgan fingerprint density at radius 1 is 1.07 bits per heavy atom. The summed E-state index contributed by atoms with van der Waals surface area (Å²) in [7, 11) is 0. The van der Waals surface area contributed by atoms with Gasteiger partial charge in [0.15, 0.2) is 11.6 Å². The van der Waals surface area contributed by atoms with Crippen molar-refractivity contribution in [3.8, 4) is 5.13 Å². The fourth-order valence-electron chi connectivity index (χ4n) is 4.10. The van der Waals surface area contributed by atoms with E-state index in [0.717, 1.165) is 33.2 Å². The summed E-state index contributed by atoms with van der Waals surface area (Å²) in [4.78, 5) is 17.9. The van der Waals surface area contributed by atoms with E-state index >= 15 is 0 Å². The predicted molar refractivity (Wildman–Crippen MR) is 122 cm³/mol. The van der Waals surface area contributed by atoms with E-state index in [9.17, 15) is 4.79 Å². The van der Waals surface area contributed by atoms with E-state index in [1.54, 1.807) is 11.3 Å². The number of benzene rings is 2. The number of hydrogen-bond acceptors (Lipinski definition) is 5. The lowest BCUT2D eigenvalue weighted by molar-refractivity contribution is 0.0912. The van der Waals surface area contributed by atoms with Crippen molar-refractivity contribution in [1.29, 1.82) is 0 Å². The molecule has 0 amide bonds. The number of carbonyl (C=O) groups is 1. The molecule has 1 aliphatic rings. The van der Waals surface area contributed by atoms with Gasteiger partial charge in [0, 0.05) is 12.1 Å². The van der Waals surface area contributed by atoms with Crippen LogP contribution in [0.5, 0.6) is 0 Å². The Labute approximate surface area is 179 Å². The molecule has 4 aromatic rings. The first kappa shape index (κ1) is 19.0. The molecule has 2 aromatic heterocycles. The van der Waals surface area contributed by atoms with Crippen LogP contribution in [0.2, 0.25) is 0 Å². The van der Waals surface area contributed by atoms with Crippen molar-refractivity contribution in [1.82, 2.24) is 14.8 Å². The van der Waals surface area contributed by atoms with Gasteiger partial charge in [0.25, 0.3) is 0 Å². The van der Waals surface area contributed by atoms with E-state index in [-0.39, 0.29) is 11.2 Å². The Morgan fingerprint density at radius 3 is 2.63 bits per heavy atom. The maximum absolute atomic E-state index is 13.1. The molecule has 2 aromatic carbocycles. The van der Waals surface area contributed by atoms with Crippen LogP contribution in [-0.4, -0.2) is 20.5 Å². The van der Waals surface area contributed by atoms with Crippen molar-refractivity contribution in [3.05, 3.63) is 64.8 Å². The van der Waals surface area contributed by atoms with E-state index in [4.69, 9.17) is 10.1 Å². The van der Waals surface area contributed by atoms with Gasteiger partial charge >= 0.3 is 0 Å². The largest absolute Gasteiger partial charge is 0.338 e. The number of fused-ring (bicyclic) bond motifs is 2. The summed E-state index contributed by atoms with van der Waals surface area (Å²) < 4.78 is 2.99. The Kier molecular flexibility index (Phi) is 4.29. The summed E-state index contributed by atoms with van der Waals surface area (Å²) in [6.45, 7) is 8.46. The molecule has 30 heavy (non-hydrogen) atoms. The molecule has 0 aliphatic heterocycles. The number of anilines is 2. The van der Waals surface area contributed by atoms with Crippen LogP contribution in [0.25, 0.3) is 15.3 Å². The molecule has 0 atom stereocenters.